The van der Waals surface area contributed by atoms with Crippen molar-refractivity contribution >= 4 is 28.7 Å². The lowest BCUT2D eigenvalue weighted by Gasteiger charge is -2.12. The van der Waals surface area contributed by atoms with Gasteiger partial charge in [0, 0.05) is 6.54 Å². The average molecular weight is 306 g/mol. The highest BCUT2D eigenvalue weighted by Crippen LogP contribution is 2.18. The number of carbonyl (C=O) groups is 1. The Bertz CT molecular complexity index is 611. The minimum atomic E-state index is 0.000746. The van der Waals surface area contributed by atoms with E-state index in [1.807, 2.05) is 42.0 Å². The number of carbonyl (C=O) groups excluding carboxylic acids is 1. The Labute approximate surface area is 129 Å². The zero-order valence-corrected chi connectivity index (χ0v) is 13.3. The van der Waals surface area contributed by atoms with Crippen molar-refractivity contribution < 1.29 is 4.79 Å². The van der Waals surface area contributed by atoms with Crippen LogP contribution in [0.25, 0.3) is 11.0 Å². The number of amides is 1. The number of hydrogen-bond donors (Lipinski definition) is 2. The molecule has 2 aromatic rings. The molecule has 3 N–H and O–H groups in total. The molecule has 1 amide bonds. The molecule has 0 aliphatic heterocycles. The number of imidazole rings is 1. The number of fused-ring (bicyclic) bond motifs is 1. The van der Waals surface area contributed by atoms with Crippen LogP contribution in [0.4, 0.5) is 0 Å². The molecule has 1 heterocycles. The van der Waals surface area contributed by atoms with E-state index in [2.05, 4.69) is 10.3 Å². The third kappa shape index (κ3) is 3.98. The molecule has 5 nitrogen and oxygen atoms in total. The molecule has 1 unspecified atom stereocenters. The molecule has 0 saturated carbocycles. The smallest absolute Gasteiger partial charge is 0.240 e. The van der Waals surface area contributed by atoms with Gasteiger partial charge in [-0.2, -0.15) is 11.8 Å². The summed E-state index contributed by atoms with van der Waals surface area (Å²) in [6.07, 6.45) is 2.03. The lowest BCUT2D eigenvalue weighted by Crippen LogP contribution is -2.33. The number of nitrogens with two attached hydrogens (primary N) is 1. The zero-order valence-electron chi connectivity index (χ0n) is 12.5. The summed E-state index contributed by atoms with van der Waals surface area (Å²) in [5.74, 6) is 2.02. The van der Waals surface area contributed by atoms with Gasteiger partial charge in [-0.1, -0.05) is 19.1 Å². The predicted molar refractivity (Wildman–Crippen MR) is 88.2 cm³/mol. The highest BCUT2D eigenvalue weighted by atomic mass is 32.2. The first-order chi connectivity index (χ1) is 10.2. The second kappa shape index (κ2) is 7.47. The number of aromatic nitrogens is 2. The maximum Gasteiger partial charge on any atom is 0.240 e. The van der Waals surface area contributed by atoms with E-state index in [1.165, 1.54) is 0 Å². The van der Waals surface area contributed by atoms with E-state index in [1.54, 1.807) is 11.8 Å². The van der Waals surface area contributed by atoms with E-state index >= 15 is 0 Å². The topological polar surface area (TPSA) is 72.9 Å². The summed E-state index contributed by atoms with van der Waals surface area (Å²) >= 11 is 1.70. The first-order valence-electron chi connectivity index (χ1n) is 7.05. The van der Waals surface area contributed by atoms with Crippen molar-refractivity contribution in [2.45, 2.75) is 19.2 Å². The molecular weight excluding hydrogens is 284 g/mol. The molecule has 0 bridgehead atoms. The molecule has 2 rings (SSSR count). The highest BCUT2D eigenvalue weighted by molar-refractivity contribution is 7.97. The van der Waals surface area contributed by atoms with Crippen LogP contribution in [0.15, 0.2) is 24.3 Å². The summed E-state index contributed by atoms with van der Waals surface area (Å²) < 4.78 is 1.99. The van der Waals surface area contributed by atoms with Gasteiger partial charge in [-0.25, -0.2) is 4.98 Å². The fourth-order valence-corrected chi connectivity index (χ4v) is 2.59. The Morgan fingerprint density at radius 3 is 2.95 bits per heavy atom. The number of nitrogens with one attached hydrogen (secondary N) is 1. The highest BCUT2D eigenvalue weighted by Gasteiger charge is 2.13. The number of hydrogen-bond acceptors (Lipinski definition) is 4. The molecule has 6 heteroatoms. The summed E-state index contributed by atoms with van der Waals surface area (Å²) in [6.45, 7) is 3.51. The van der Waals surface area contributed by atoms with Crippen LogP contribution >= 0.6 is 11.8 Å². The molecule has 1 aromatic carbocycles. The van der Waals surface area contributed by atoms with Crippen LogP contribution in [0.1, 0.15) is 12.7 Å². The van der Waals surface area contributed by atoms with Crippen LogP contribution in [0.5, 0.6) is 0 Å². The fourth-order valence-electron chi connectivity index (χ4n) is 2.11. The normalized spacial score (nSPS) is 12.5. The van der Waals surface area contributed by atoms with E-state index in [-0.39, 0.29) is 5.91 Å². The average Bonchev–Trinajstić information content (AvgIpc) is 2.83. The zero-order chi connectivity index (χ0) is 15.2. The fraction of sp³-hybridized carbons (Fsp3) is 0.467. The van der Waals surface area contributed by atoms with Gasteiger partial charge in [0.15, 0.2) is 0 Å². The van der Waals surface area contributed by atoms with Crippen molar-refractivity contribution in [1.82, 2.24) is 14.9 Å². The Kier molecular flexibility index (Phi) is 5.64. The molecule has 0 fully saturated rings. The predicted octanol–water partition coefficient (Wildman–Crippen LogP) is 1.61. The molecule has 21 heavy (non-hydrogen) atoms. The third-order valence-corrected chi connectivity index (χ3v) is 3.91. The Hall–Kier alpha value is -1.53. The minimum absolute atomic E-state index is 0.000746. The van der Waals surface area contributed by atoms with Crippen molar-refractivity contribution in [3.63, 3.8) is 0 Å². The van der Waals surface area contributed by atoms with Gasteiger partial charge in [-0.15, -0.1) is 0 Å². The largest absolute Gasteiger partial charge is 0.354 e. The Morgan fingerprint density at radius 1 is 1.48 bits per heavy atom. The van der Waals surface area contributed by atoms with Crippen molar-refractivity contribution in [3.05, 3.63) is 30.1 Å². The van der Waals surface area contributed by atoms with Gasteiger partial charge in [0.25, 0.3) is 0 Å². The number of rotatable bonds is 7. The molecule has 0 aliphatic carbocycles. The Morgan fingerprint density at radius 2 is 2.24 bits per heavy atom. The first kappa shape index (κ1) is 15.9. The lowest BCUT2D eigenvalue weighted by molar-refractivity contribution is -0.121. The van der Waals surface area contributed by atoms with E-state index in [0.717, 1.165) is 22.6 Å². The van der Waals surface area contributed by atoms with Crippen molar-refractivity contribution in [1.29, 1.82) is 0 Å². The summed E-state index contributed by atoms with van der Waals surface area (Å²) in [5, 5.41) is 2.93. The summed E-state index contributed by atoms with van der Waals surface area (Å²) in [6, 6.07) is 7.91. The SMILES string of the molecule is CSCc1nc2ccccc2n1CC(=O)NCC(C)CN. The van der Waals surface area contributed by atoms with Crippen molar-refractivity contribution in [3.8, 4) is 0 Å². The number of para-hydroxylation sites is 2. The first-order valence-corrected chi connectivity index (χ1v) is 8.45. The van der Waals surface area contributed by atoms with Gasteiger partial charge in [0.1, 0.15) is 12.4 Å². The van der Waals surface area contributed by atoms with Gasteiger partial charge in [-0.3, -0.25) is 4.79 Å². The van der Waals surface area contributed by atoms with Crippen LogP contribution in [0.3, 0.4) is 0 Å². The number of nitrogens with zero attached hydrogens (tertiary/aromatic N) is 2. The molecule has 0 radical (unpaired) electrons. The summed E-state index contributed by atoms with van der Waals surface area (Å²) in [4.78, 5) is 16.7. The van der Waals surface area contributed by atoms with E-state index in [0.29, 0.717) is 25.6 Å². The molecule has 0 saturated heterocycles. The molecule has 1 atom stereocenters. The molecule has 0 aliphatic rings. The van der Waals surface area contributed by atoms with Gasteiger partial charge in [-0.05, 0) is 30.9 Å². The monoisotopic (exact) mass is 306 g/mol. The maximum absolute atomic E-state index is 12.1. The molecule has 0 spiro atoms. The second-order valence-electron chi connectivity index (χ2n) is 5.18. The lowest BCUT2D eigenvalue weighted by atomic mass is 10.2. The van der Waals surface area contributed by atoms with Crippen LogP contribution in [-0.4, -0.2) is 34.8 Å². The van der Waals surface area contributed by atoms with Crippen molar-refractivity contribution in [2.75, 3.05) is 19.3 Å². The van der Waals surface area contributed by atoms with Crippen molar-refractivity contribution in [2.24, 2.45) is 11.7 Å². The standard InChI is InChI=1S/C15H22N4OS/c1-11(7-16)8-17-15(20)9-19-13-6-4-3-5-12(13)18-14(19)10-21-2/h3-6,11H,7-10,16H2,1-2H3,(H,17,20). The number of benzene rings is 1. The molecule has 1 aromatic heterocycles. The minimum Gasteiger partial charge on any atom is -0.354 e. The van der Waals surface area contributed by atoms with Crippen LogP contribution in [-0.2, 0) is 17.1 Å². The maximum atomic E-state index is 12.1. The van der Waals surface area contributed by atoms with Gasteiger partial charge in [0.05, 0.1) is 16.8 Å². The second-order valence-corrected chi connectivity index (χ2v) is 6.05. The summed E-state index contributed by atoms with van der Waals surface area (Å²) in [7, 11) is 0. The molecule has 114 valence electrons. The van der Waals surface area contributed by atoms with Crippen LogP contribution < -0.4 is 11.1 Å². The van der Waals surface area contributed by atoms with Crippen LogP contribution in [0.2, 0.25) is 0 Å². The van der Waals surface area contributed by atoms with Gasteiger partial charge in [0.2, 0.25) is 5.91 Å². The molecular formula is C15H22N4OS. The quantitative estimate of drug-likeness (QED) is 0.815. The van der Waals surface area contributed by atoms with E-state index in [4.69, 9.17) is 5.73 Å². The van der Waals surface area contributed by atoms with E-state index in [9.17, 15) is 4.79 Å². The summed E-state index contributed by atoms with van der Waals surface area (Å²) in [5.41, 5.74) is 7.50. The number of thioether (sulfide) groups is 1. The third-order valence-electron chi connectivity index (χ3n) is 3.36. The van der Waals surface area contributed by atoms with Crippen LogP contribution in [0, 0.1) is 5.92 Å². The Balaban J connectivity index is 2.16. The van der Waals surface area contributed by atoms with E-state index < -0.39 is 0 Å². The van der Waals surface area contributed by atoms with Gasteiger partial charge >= 0.3 is 0 Å². The van der Waals surface area contributed by atoms with Gasteiger partial charge < -0.3 is 15.6 Å².